The highest BCUT2D eigenvalue weighted by Gasteiger charge is 2.26. The molecule has 1 aromatic carbocycles. The van der Waals surface area contributed by atoms with Crippen LogP contribution in [0.2, 0.25) is 0 Å². The van der Waals surface area contributed by atoms with Gasteiger partial charge in [0.1, 0.15) is 0 Å². The molecule has 5 heteroatoms. The minimum absolute atomic E-state index is 0.000718. The fraction of sp³-hybridized carbons (Fsp3) is 0.579. The van der Waals surface area contributed by atoms with Gasteiger partial charge in [-0.2, -0.15) is 0 Å². The van der Waals surface area contributed by atoms with Crippen molar-refractivity contribution in [3.05, 3.63) is 35.9 Å². The Labute approximate surface area is 146 Å². The number of guanidine groups is 1. The Morgan fingerprint density at radius 2 is 1.92 bits per heavy atom. The van der Waals surface area contributed by atoms with Crippen molar-refractivity contribution in [1.82, 2.24) is 16.0 Å². The normalized spacial score (nSPS) is 13.3. The first-order valence-corrected chi connectivity index (χ1v) is 8.70. The van der Waals surface area contributed by atoms with Gasteiger partial charge >= 0.3 is 0 Å². The number of hydrogen-bond acceptors (Lipinski definition) is 2. The molecule has 0 aliphatic heterocycles. The van der Waals surface area contributed by atoms with Gasteiger partial charge in [0.15, 0.2) is 5.96 Å². The number of hydrogen-bond donors (Lipinski definition) is 3. The third kappa shape index (κ3) is 7.02. The van der Waals surface area contributed by atoms with Gasteiger partial charge in [0, 0.05) is 19.6 Å². The van der Waals surface area contributed by atoms with Crippen LogP contribution in [0.4, 0.5) is 0 Å². The van der Waals surface area contributed by atoms with Crippen molar-refractivity contribution in [2.45, 2.75) is 46.6 Å². The molecule has 0 heterocycles. The van der Waals surface area contributed by atoms with E-state index in [0.29, 0.717) is 12.6 Å². The van der Waals surface area contributed by atoms with Crippen LogP contribution in [0.3, 0.4) is 0 Å². The first kappa shape index (κ1) is 20.0. The Hall–Kier alpha value is -2.04. The fourth-order valence-corrected chi connectivity index (χ4v) is 2.34. The zero-order chi connectivity index (χ0) is 18.0. The predicted molar refractivity (Wildman–Crippen MR) is 101 cm³/mol. The molecular weight excluding hydrogens is 300 g/mol. The highest BCUT2D eigenvalue weighted by molar-refractivity contribution is 5.83. The summed E-state index contributed by atoms with van der Waals surface area (Å²) in [4.78, 5) is 16.4. The lowest BCUT2D eigenvalue weighted by Crippen LogP contribution is -2.44. The van der Waals surface area contributed by atoms with Crippen molar-refractivity contribution in [3.63, 3.8) is 0 Å². The number of nitrogens with zero attached hydrogens (tertiary/aromatic N) is 1. The summed E-state index contributed by atoms with van der Waals surface area (Å²) in [5.74, 6) is 0.759. The van der Waals surface area contributed by atoms with Crippen LogP contribution in [-0.2, 0) is 11.2 Å². The highest BCUT2D eigenvalue weighted by Crippen LogP contribution is 2.15. The Morgan fingerprint density at radius 1 is 1.25 bits per heavy atom. The van der Waals surface area contributed by atoms with E-state index >= 15 is 0 Å². The number of carbonyl (C=O) groups is 1. The van der Waals surface area contributed by atoms with Crippen molar-refractivity contribution < 1.29 is 4.79 Å². The molecule has 1 rings (SSSR count). The van der Waals surface area contributed by atoms with E-state index in [1.54, 1.807) is 7.05 Å². The van der Waals surface area contributed by atoms with Gasteiger partial charge in [0.25, 0.3) is 0 Å². The number of benzene rings is 1. The summed E-state index contributed by atoms with van der Waals surface area (Å²) in [5.41, 5.74) is 0.818. The molecule has 5 nitrogen and oxygen atoms in total. The smallest absolute Gasteiger partial charge is 0.227 e. The Bertz CT molecular complexity index is 525. The molecule has 0 aliphatic carbocycles. The molecule has 0 aliphatic rings. The van der Waals surface area contributed by atoms with E-state index in [1.807, 2.05) is 26.8 Å². The summed E-state index contributed by atoms with van der Waals surface area (Å²) < 4.78 is 0. The van der Waals surface area contributed by atoms with Crippen LogP contribution in [0.25, 0.3) is 0 Å². The lowest BCUT2D eigenvalue weighted by Gasteiger charge is -2.22. The average Bonchev–Trinajstić information content (AvgIpc) is 2.58. The second kappa shape index (κ2) is 9.96. The number of carbonyl (C=O) groups excluding carboxylic acids is 1. The second-order valence-corrected chi connectivity index (χ2v) is 6.73. The monoisotopic (exact) mass is 332 g/mol. The molecule has 134 valence electrons. The minimum atomic E-state index is -0.523. The first-order valence-electron chi connectivity index (χ1n) is 8.70. The summed E-state index contributed by atoms with van der Waals surface area (Å²) in [7, 11) is 1.66. The van der Waals surface area contributed by atoms with Crippen LogP contribution in [0.5, 0.6) is 0 Å². The van der Waals surface area contributed by atoms with Gasteiger partial charge < -0.3 is 16.0 Å². The van der Waals surface area contributed by atoms with Gasteiger partial charge in [-0.05, 0) is 46.1 Å². The zero-order valence-corrected chi connectivity index (χ0v) is 15.6. The third-order valence-electron chi connectivity index (χ3n) is 3.91. The van der Waals surface area contributed by atoms with Crippen LogP contribution in [-0.4, -0.2) is 38.0 Å². The number of nitrogens with one attached hydrogen (secondary N) is 3. The van der Waals surface area contributed by atoms with Crippen LogP contribution in [0.1, 0.15) is 39.7 Å². The quantitative estimate of drug-likeness (QED) is 0.506. The van der Waals surface area contributed by atoms with Crippen molar-refractivity contribution in [2.75, 3.05) is 20.1 Å². The molecule has 1 unspecified atom stereocenters. The van der Waals surface area contributed by atoms with E-state index < -0.39 is 5.41 Å². The topological polar surface area (TPSA) is 65.5 Å². The minimum Gasteiger partial charge on any atom is -0.359 e. The maximum absolute atomic E-state index is 11.9. The predicted octanol–water partition coefficient (Wildman–Crippen LogP) is 2.34. The number of amides is 1. The molecule has 0 saturated carbocycles. The van der Waals surface area contributed by atoms with Gasteiger partial charge in [-0.1, -0.05) is 30.3 Å². The Kier molecular flexibility index (Phi) is 8.30. The summed E-state index contributed by atoms with van der Waals surface area (Å²) in [5, 5.41) is 9.36. The largest absolute Gasteiger partial charge is 0.359 e. The van der Waals surface area contributed by atoms with E-state index in [1.165, 1.54) is 5.56 Å². The standard InChI is InChI=1S/C19H32N4O/c1-6-21-18(22-14-19(3,4)17(24)20-5)23-15(2)12-13-16-10-8-7-9-11-16/h7-11,15H,6,12-14H2,1-5H3,(H,20,24)(H2,21,22,23). The maximum atomic E-state index is 11.9. The van der Waals surface area contributed by atoms with E-state index in [9.17, 15) is 4.79 Å². The molecule has 0 spiro atoms. The summed E-state index contributed by atoms with van der Waals surface area (Å²) in [6, 6.07) is 10.8. The van der Waals surface area contributed by atoms with Gasteiger partial charge in [-0.3, -0.25) is 9.79 Å². The molecule has 0 radical (unpaired) electrons. The molecule has 1 atom stereocenters. The summed E-state index contributed by atoms with van der Waals surface area (Å²) in [6.07, 6.45) is 2.05. The SMILES string of the molecule is CCNC(=NCC(C)(C)C(=O)NC)NC(C)CCc1ccccc1. The molecule has 0 saturated heterocycles. The van der Waals surface area contributed by atoms with Crippen molar-refractivity contribution in [2.24, 2.45) is 10.4 Å². The second-order valence-electron chi connectivity index (χ2n) is 6.73. The lowest BCUT2D eigenvalue weighted by atomic mass is 9.93. The number of rotatable bonds is 8. The van der Waals surface area contributed by atoms with Crippen LogP contribution in [0.15, 0.2) is 35.3 Å². The molecule has 1 amide bonds. The van der Waals surface area contributed by atoms with Gasteiger partial charge in [-0.15, -0.1) is 0 Å². The van der Waals surface area contributed by atoms with Gasteiger partial charge in [-0.25, -0.2) is 0 Å². The Balaban J connectivity index is 2.57. The van der Waals surface area contributed by atoms with Crippen molar-refractivity contribution in [1.29, 1.82) is 0 Å². The number of aliphatic imine (C=N–C) groups is 1. The highest BCUT2D eigenvalue weighted by atomic mass is 16.2. The zero-order valence-electron chi connectivity index (χ0n) is 15.6. The van der Waals surface area contributed by atoms with E-state index in [-0.39, 0.29) is 5.91 Å². The average molecular weight is 332 g/mol. The van der Waals surface area contributed by atoms with Crippen LogP contribution >= 0.6 is 0 Å². The van der Waals surface area contributed by atoms with E-state index in [4.69, 9.17) is 0 Å². The van der Waals surface area contributed by atoms with Crippen molar-refractivity contribution in [3.8, 4) is 0 Å². The molecular formula is C19H32N4O. The van der Waals surface area contributed by atoms with Crippen molar-refractivity contribution >= 4 is 11.9 Å². The van der Waals surface area contributed by atoms with E-state index in [0.717, 1.165) is 25.3 Å². The van der Waals surface area contributed by atoms with E-state index in [2.05, 4.69) is 52.1 Å². The molecule has 1 aromatic rings. The fourth-order valence-electron chi connectivity index (χ4n) is 2.34. The molecule has 24 heavy (non-hydrogen) atoms. The third-order valence-corrected chi connectivity index (χ3v) is 3.91. The van der Waals surface area contributed by atoms with Crippen LogP contribution < -0.4 is 16.0 Å². The van der Waals surface area contributed by atoms with Crippen LogP contribution in [0, 0.1) is 5.41 Å². The first-order chi connectivity index (χ1) is 11.4. The lowest BCUT2D eigenvalue weighted by molar-refractivity contribution is -0.128. The number of aryl methyl sites for hydroxylation is 1. The van der Waals surface area contributed by atoms with Gasteiger partial charge in [0.2, 0.25) is 5.91 Å². The molecule has 0 fully saturated rings. The molecule has 0 bridgehead atoms. The molecule has 3 N–H and O–H groups in total. The Morgan fingerprint density at radius 3 is 2.50 bits per heavy atom. The van der Waals surface area contributed by atoms with Gasteiger partial charge in [0.05, 0.1) is 12.0 Å². The summed E-state index contributed by atoms with van der Waals surface area (Å²) >= 11 is 0. The maximum Gasteiger partial charge on any atom is 0.227 e. The summed E-state index contributed by atoms with van der Waals surface area (Å²) in [6.45, 7) is 9.22. The molecule has 0 aromatic heterocycles.